The van der Waals surface area contributed by atoms with Crippen molar-refractivity contribution in [2.45, 2.75) is 32.9 Å². The Bertz CT molecular complexity index is 1280. The third-order valence-corrected chi connectivity index (χ3v) is 7.07. The standard InChI is InChI=1S/C28H29BrN4O/c1-20-8-10-21(11-9-20)17-30-28(34)22-5-4-16-32(18-22)19-27-31-25-6-2-3-7-26(25)33(27)24-14-12-23(29)13-15-24/h2-3,6-15,22H,4-5,16-19H2,1H3,(H,30,34)/t22-/m1/s1. The van der Waals surface area contributed by atoms with Crippen LogP contribution in [0.1, 0.15) is 29.8 Å². The van der Waals surface area contributed by atoms with E-state index in [2.05, 4.69) is 104 Å². The lowest BCUT2D eigenvalue weighted by atomic mass is 9.97. The first kappa shape index (κ1) is 22.8. The van der Waals surface area contributed by atoms with E-state index in [4.69, 9.17) is 4.98 Å². The molecule has 5 rings (SSSR count). The van der Waals surface area contributed by atoms with Crippen LogP contribution in [0.4, 0.5) is 0 Å². The van der Waals surface area contributed by atoms with Gasteiger partial charge in [-0.25, -0.2) is 4.98 Å². The number of carbonyl (C=O) groups is 1. The van der Waals surface area contributed by atoms with E-state index in [9.17, 15) is 4.79 Å². The van der Waals surface area contributed by atoms with Gasteiger partial charge >= 0.3 is 0 Å². The lowest BCUT2D eigenvalue weighted by molar-refractivity contribution is -0.127. The van der Waals surface area contributed by atoms with Crippen molar-refractivity contribution in [3.05, 3.63) is 94.2 Å². The van der Waals surface area contributed by atoms with Crippen molar-refractivity contribution in [1.29, 1.82) is 0 Å². The van der Waals surface area contributed by atoms with Crippen molar-refractivity contribution in [1.82, 2.24) is 19.8 Å². The molecule has 34 heavy (non-hydrogen) atoms. The number of piperidine rings is 1. The SMILES string of the molecule is Cc1ccc(CNC(=O)[C@@H]2CCCN(Cc3nc4ccccc4n3-c3ccc(Br)cc3)C2)cc1. The van der Waals surface area contributed by atoms with Crippen LogP contribution < -0.4 is 5.32 Å². The predicted octanol–water partition coefficient (Wildman–Crippen LogP) is 5.62. The Morgan fingerprint density at radius 1 is 1.06 bits per heavy atom. The van der Waals surface area contributed by atoms with Gasteiger partial charge in [0.2, 0.25) is 5.91 Å². The van der Waals surface area contributed by atoms with E-state index in [1.54, 1.807) is 0 Å². The summed E-state index contributed by atoms with van der Waals surface area (Å²) < 4.78 is 3.29. The molecule has 0 aliphatic carbocycles. The van der Waals surface area contributed by atoms with Gasteiger partial charge in [-0.05, 0) is 68.3 Å². The molecule has 0 spiro atoms. The zero-order valence-electron chi connectivity index (χ0n) is 19.4. The maximum absolute atomic E-state index is 12.9. The van der Waals surface area contributed by atoms with Crippen molar-refractivity contribution in [2.75, 3.05) is 13.1 Å². The van der Waals surface area contributed by atoms with Gasteiger partial charge in [0, 0.05) is 23.2 Å². The average molecular weight is 517 g/mol. The van der Waals surface area contributed by atoms with Crippen LogP contribution in [0.3, 0.4) is 0 Å². The van der Waals surface area contributed by atoms with Crippen LogP contribution in [0.25, 0.3) is 16.7 Å². The molecule has 1 amide bonds. The summed E-state index contributed by atoms with van der Waals surface area (Å²) in [5.41, 5.74) is 5.55. The van der Waals surface area contributed by atoms with E-state index in [-0.39, 0.29) is 11.8 Å². The second-order valence-electron chi connectivity index (χ2n) is 9.11. The number of rotatable bonds is 6. The molecule has 0 radical (unpaired) electrons. The Kier molecular flexibility index (Phi) is 6.79. The molecule has 1 N–H and O–H groups in total. The van der Waals surface area contributed by atoms with Crippen molar-refractivity contribution in [3.63, 3.8) is 0 Å². The number of halogens is 1. The second kappa shape index (κ2) is 10.1. The van der Waals surface area contributed by atoms with Crippen LogP contribution in [-0.2, 0) is 17.9 Å². The number of nitrogens with one attached hydrogen (secondary N) is 1. The molecule has 1 atom stereocenters. The maximum Gasteiger partial charge on any atom is 0.224 e. The Labute approximate surface area is 208 Å². The van der Waals surface area contributed by atoms with Crippen molar-refractivity contribution >= 4 is 32.9 Å². The van der Waals surface area contributed by atoms with Gasteiger partial charge in [0.05, 0.1) is 23.5 Å². The predicted molar refractivity (Wildman–Crippen MR) is 140 cm³/mol. The van der Waals surface area contributed by atoms with E-state index in [0.717, 1.165) is 58.5 Å². The number of amides is 1. The summed E-state index contributed by atoms with van der Waals surface area (Å²) in [6, 6.07) is 24.9. The molecule has 1 fully saturated rings. The summed E-state index contributed by atoms with van der Waals surface area (Å²) in [5.74, 6) is 1.15. The molecule has 4 aromatic rings. The second-order valence-corrected chi connectivity index (χ2v) is 10.0. The monoisotopic (exact) mass is 516 g/mol. The fourth-order valence-corrected chi connectivity index (χ4v) is 4.98. The number of imidazole rings is 1. The molecule has 1 aromatic heterocycles. The first-order valence-electron chi connectivity index (χ1n) is 11.8. The largest absolute Gasteiger partial charge is 0.352 e. The van der Waals surface area contributed by atoms with Crippen molar-refractivity contribution in [3.8, 4) is 5.69 Å². The van der Waals surface area contributed by atoms with Gasteiger partial charge < -0.3 is 5.32 Å². The highest BCUT2D eigenvalue weighted by atomic mass is 79.9. The van der Waals surface area contributed by atoms with Gasteiger partial charge in [0.1, 0.15) is 5.82 Å². The van der Waals surface area contributed by atoms with Gasteiger partial charge in [-0.15, -0.1) is 0 Å². The lowest BCUT2D eigenvalue weighted by Crippen LogP contribution is -2.42. The number of hydrogen-bond donors (Lipinski definition) is 1. The van der Waals surface area contributed by atoms with Crippen LogP contribution in [-0.4, -0.2) is 33.4 Å². The minimum atomic E-state index is 0.00436. The fraction of sp³-hybridized carbons (Fsp3) is 0.286. The van der Waals surface area contributed by atoms with Crippen molar-refractivity contribution < 1.29 is 4.79 Å². The number of para-hydroxylation sites is 2. The molecular formula is C28H29BrN4O. The number of aryl methyl sites for hydroxylation is 1. The lowest BCUT2D eigenvalue weighted by Gasteiger charge is -2.31. The third-order valence-electron chi connectivity index (χ3n) is 6.54. The van der Waals surface area contributed by atoms with Gasteiger partial charge in [-0.2, -0.15) is 0 Å². The fourth-order valence-electron chi connectivity index (χ4n) is 4.71. The zero-order valence-corrected chi connectivity index (χ0v) is 21.0. The molecule has 3 aromatic carbocycles. The summed E-state index contributed by atoms with van der Waals surface area (Å²) in [4.78, 5) is 20.3. The van der Waals surface area contributed by atoms with Crippen LogP contribution in [0.5, 0.6) is 0 Å². The molecule has 5 nitrogen and oxygen atoms in total. The molecule has 0 bridgehead atoms. The van der Waals surface area contributed by atoms with E-state index in [1.807, 2.05) is 6.07 Å². The van der Waals surface area contributed by atoms with Crippen LogP contribution in [0.15, 0.2) is 77.3 Å². The van der Waals surface area contributed by atoms with Gasteiger partial charge in [-0.3, -0.25) is 14.3 Å². The number of carbonyl (C=O) groups excluding carboxylic acids is 1. The van der Waals surface area contributed by atoms with E-state index in [1.165, 1.54) is 5.56 Å². The number of hydrogen-bond acceptors (Lipinski definition) is 3. The summed E-state index contributed by atoms with van der Waals surface area (Å²) in [7, 11) is 0. The van der Waals surface area contributed by atoms with Crippen molar-refractivity contribution in [2.24, 2.45) is 5.92 Å². The highest BCUT2D eigenvalue weighted by Crippen LogP contribution is 2.25. The zero-order chi connectivity index (χ0) is 23.5. The first-order chi connectivity index (χ1) is 16.6. The number of likely N-dealkylation sites (tertiary alicyclic amines) is 1. The topological polar surface area (TPSA) is 50.2 Å². The smallest absolute Gasteiger partial charge is 0.224 e. The van der Waals surface area contributed by atoms with Gasteiger partial charge in [-0.1, -0.05) is 57.9 Å². The minimum Gasteiger partial charge on any atom is -0.352 e. The number of aromatic nitrogens is 2. The summed E-state index contributed by atoms with van der Waals surface area (Å²) in [5, 5.41) is 3.15. The van der Waals surface area contributed by atoms with Gasteiger partial charge in [0.15, 0.2) is 0 Å². The van der Waals surface area contributed by atoms with Gasteiger partial charge in [0.25, 0.3) is 0 Å². The molecular weight excluding hydrogens is 488 g/mol. The first-order valence-corrected chi connectivity index (χ1v) is 12.6. The molecule has 1 saturated heterocycles. The Balaban J connectivity index is 1.31. The number of nitrogens with zero attached hydrogens (tertiary/aromatic N) is 3. The molecule has 1 aliphatic heterocycles. The van der Waals surface area contributed by atoms with E-state index < -0.39 is 0 Å². The Morgan fingerprint density at radius 2 is 1.82 bits per heavy atom. The minimum absolute atomic E-state index is 0.00436. The maximum atomic E-state index is 12.9. The van der Waals surface area contributed by atoms with Crippen LogP contribution >= 0.6 is 15.9 Å². The highest BCUT2D eigenvalue weighted by molar-refractivity contribution is 9.10. The molecule has 2 heterocycles. The summed E-state index contributed by atoms with van der Waals surface area (Å²) in [6.07, 6.45) is 1.94. The molecule has 6 heteroatoms. The molecule has 0 saturated carbocycles. The normalized spacial score (nSPS) is 16.6. The summed E-state index contributed by atoms with van der Waals surface area (Å²) in [6.45, 7) is 5.10. The quantitative estimate of drug-likeness (QED) is 0.361. The number of fused-ring (bicyclic) bond motifs is 1. The van der Waals surface area contributed by atoms with Crippen LogP contribution in [0.2, 0.25) is 0 Å². The number of benzene rings is 3. The molecule has 0 unspecified atom stereocenters. The van der Waals surface area contributed by atoms with Crippen LogP contribution in [0, 0.1) is 12.8 Å². The highest BCUT2D eigenvalue weighted by Gasteiger charge is 2.27. The van der Waals surface area contributed by atoms with E-state index >= 15 is 0 Å². The summed E-state index contributed by atoms with van der Waals surface area (Å²) >= 11 is 3.54. The Hall–Kier alpha value is -2.96. The van der Waals surface area contributed by atoms with E-state index in [0.29, 0.717) is 13.1 Å². The molecule has 174 valence electrons. The third kappa shape index (κ3) is 5.08. The average Bonchev–Trinajstić information content (AvgIpc) is 3.22. The molecule has 1 aliphatic rings. The Morgan fingerprint density at radius 3 is 2.62 bits per heavy atom.